The molecule has 4 heteroatoms. The van der Waals surface area contributed by atoms with Crippen molar-refractivity contribution in [2.24, 2.45) is 0 Å². The van der Waals surface area contributed by atoms with Crippen molar-refractivity contribution in [2.75, 3.05) is 0 Å². The molecule has 0 aliphatic heterocycles. The summed E-state index contributed by atoms with van der Waals surface area (Å²) in [5.74, 6) is 1.94. The Balaban J connectivity index is 1.12. The lowest BCUT2D eigenvalue weighted by Crippen LogP contribution is -2.06. The van der Waals surface area contributed by atoms with Gasteiger partial charge in [0.15, 0.2) is 17.5 Å². The van der Waals surface area contributed by atoms with E-state index in [0.717, 1.165) is 84.9 Å². The number of aromatic nitrogens is 3. The van der Waals surface area contributed by atoms with Crippen LogP contribution in [-0.4, -0.2) is 15.0 Å². The van der Waals surface area contributed by atoms with E-state index in [0.29, 0.717) is 23.9 Å². The molecule has 0 fully saturated rings. The van der Waals surface area contributed by atoms with Crippen LogP contribution in [0.5, 0.6) is 0 Å². The highest BCUT2D eigenvalue weighted by Gasteiger charge is 2.22. The second-order valence-corrected chi connectivity index (χ2v) is 15.1. The molecule has 4 nitrogen and oxygen atoms in total. The molecular weight excluding hydrogens is 731 g/mol. The van der Waals surface area contributed by atoms with E-state index in [1.165, 1.54) is 16.7 Å². The van der Waals surface area contributed by atoms with Gasteiger partial charge in [-0.05, 0) is 93.1 Å². The van der Waals surface area contributed by atoms with Gasteiger partial charge in [0.25, 0.3) is 0 Å². The lowest BCUT2D eigenvalue weighted by Gasteiger charge is -2.16. The third-order valence-electron chi connectivity index (χ3n) is 11.4. The first-order valence-electron chi connectivity index (χ1n) is 20.5. The zero-order valence-electron chi connectivity index (χ0n) is 33.1. The van der Waals surface area contributed by atoms with Gasteiger partial charge in [0.1, 0.15) is 11.2 Å². The van der Waals surface area contributed by atoms with Crippen LogP contribution >= 0.6 is 0 Å². The molecule has 0 N–H and O–H groups in total. The maximum Gasteiger partial charge on any atom is 0.165 e. The van der Waals surface area contributed by atoms with E-state index in [1.54, 1.807) is 0 Å². The number of hydrogen-bond donors (Lipinski definition) is 0. The second kappa shape index (κ2) is 16.3. The van der Waals surface area contributed by atoms with Gasteiger partial charge >= 0.3 is 0 Å². The minimum atomic E-state index is 0.624. The molecule has 0 unspecified atom stereocenters. The molecule has 286 valence electrons. The molecule has 0 saturated carbocycles. The Hall–Kier alpha value is -7.69. The zero-order chi connectivity index (χ0) is 40.3. The van der Waals surface area contributed by atoms with Crippen LogP contribution < -0.4 is 0 Å². The largest absolute Gasteiger partial charge is 0.456 e. The predicted octanol–water partition coefficient (Wildman–Crippen LogP) is 14.6. The van der Waals surface area contributed by atoms with E-state index in [2.05, 4.69) is 176 Å². The van der Waals surface area contributed by atoms with Crippen LogP contribution in [0.25, 0.3) is 90.3 Å². The number of rotatable bonds is 10. The van der Waals surface area contributed by atoms with Crippen LogP contribution in [-0.2, 0) is 6.42 Å². The molecule has 0 spiro atoms. The van der Waals surface area contributed by atoms with Crippen LogP contribution in [0.15, 0.2) is 199 Å². The summed E-state index contributed by atoms with van der Waals surface area (Å²) < 4.78 is 6.48. The molecule has 0 bridgehead atoms. The Bertz CT molecular complexity index is 3100. The molecule has 1 aliphatic carbocycles. The minimum absolute atomic E-state index is 0.624. The summed E-state index contributed by atoms with van der Waals surface area (Å²) in [6.07, 6.45) is 13.1. The molecule has 0 radical (unpaired) electrons. The smallest absolute Gasteiger partial charge is 0.165 e. The molecule has 9 aromatic rings. The monoisotopic (exact) mass is 771 g/mol. The van der Waals surface area contributed by atoms with E-state index < -0.39 is 0 Å². The second-order valence-electron chi connectivity index (χ2n) is 15.1. The minimum Gasteiger partial charge on any atom is -0.456 e. The lowest BCUT2D eigenvalue weighted by molar-refractivity contribution is 0.669. The molecule has 1 aliphatic rings. The first kappa shape index (κ1) is 36.6. The number of nitrogens with zero attached hydrogens (tertiary/aromatic N) is 3. The van der Waals surface area contributed by atoms with E-state index in [1.807, 2.05) is 30.3 Å². The average molecular weight is 772 g/mol. The summed E-state index contributed by atoms with van der Waals surface area (Å²) in [7, 11) is 0. The van der Waals surface area contributed by atoms with Gasteiger partial charge in [0.2, 0.25) is 0 Å². The Morgan fingerprint density at radius 1 is 0.483 bits per heavy atom. The van der Waals surface area contributed by atoms with Gasteiger partial charge in [0.05, 0.1) is 0 Å². The van der Waals surface area contributed by atoms with Crippen molar-refractivity contribution in [3.8, 4) is 45.0 Å². The molecule has 0 saturated heterocycles. The highest BCUT2D eigenvalue weighted by molar-refractivity contribution is 6.12. The van der Waals surface area contributed by atoms with Crippen molar-refractivity contribution < 1.29 is 4.42 Å². The van der Waals surface area contributed by atoms with E-state index in [-0.39, 0.29) is 0 Å². The Morgan fingerprint density at radius 3 is 1.78 bits per heavy atom. The number of benzene rings is 7. The van der Waals surface area contributed by atoms with Gasteiger partial charge in [-0.15, -0.1) is 0 Å². The highest BCUT2D eigenvalue weighted by Crippen LogP contribution is 2.40. The van der Waals surface area contributed by atoms with Crippen molar-refractivity contribution in [1.29, 1.82) is 0 Å². The van der Waals surface area contributed by atoms with Crippen molar-refractivity contribution in [1.82, 2.24) is 15.0 Å². The number of para-hydroxylation sites is 1. The fourth-order valence-electron chi connectivity index (χ4n) is 8.23. The van der Waals surface area contributed by atoms with E-state index >= 15 is 0 Å². The summed E-state index contributed by atoms with van der Waals surface area (Å²) in [5, 5.41) is 2.03. The molecule has 7 aromatic carbocycles. The van der Waals surface area contributed by atoms with Gasteiger partial charge in [-0.2, -0.15) is 0 Å². The maximum atomic E-state index is 6.48. The van der Waals surface area contributed by atoms with Gasteiger partial charge in [0, 0.05) is 21.9 Å². The van der Waals surface area contributed by atoms with Gasteiger partial charge in [-0.25, -0.2) is 15.0 Å². The highest BCUT2D eigenvalue weighted by atomic mass is 16.3. The maximum absolute atomic E-state index is 6.48. The number of furan rings is 1. The van der Waals surface area contributed by atoms with Crippen LogP contribution in [0, 0.1) is 0 Å². The molecule has 0 amide bonds. The first-order chi connectivity index (χ1) is 29.7. The van der Waals surface area contributed by atoms with Crippen LogP contribution in [0.2, 0.25) is 0 Å². The SMILES string of the molecule is C=Cc1ccc(-c2ccccc2)cc1/C=C\Cc1ccc2oc3ccccc3c2c1-c1nc(C2=CC=C(c3ccccc3)CC2)nc(-c2ccc(-c3ccccc3)cc2)n1. The van der Waals surface area contributed by atoms with Crippen LogP contribution in [0.1, 0.15) is 40.9 Å². The van der Waals surface area contributed by atoms with Gasteiger partial charge in [-0.1, -0.05) is 189 Å². The fourth-order valence-corrected chi connectivity index (χ4v) is 8.23. The average Bonchev–Trinajstić information content (AvgIpc) is 3.71. The summed E-state index contributed by atoms with van der Waals surface area (Å²) in [4.78, 5) is 15.9. The molecule has 60 heavy (non-hydrogen) atoms. The van der Waals surface area contributed by atoms with Crippen molar-refractivity contribution >= 4 is 45.2 Å². The number of fused-ring (bicyclic) bond motifs is 3. The first-order valence-corrected chi connectivity index (χ1v) is 20.5. The molecule has 0 atom stereocenters. The summed E-state index contributed by atoms with van der Waals surface area (Å²) in [6.45, 7) is 4.12. The lowest BCUT2D eigenvalue weighted by atomic mass is 9.93. The zero-order valence-corrected chi connectivity index (χ0v) is 33.1. The van der Waals surface area contributed by atoms with Gasteiger partial charge in [-0.3, -0.25) is 0 Å². The standard InChI is InChI=1S/C56H41N3O/c1-2-38-25-34-48(41-19-10-5-11-20-41)37-47(38)22-14-21-44-35-36-51-53(49-23-12-13-24-50(49)60-51)52(44)56-58-54(45-30-26-42(27-31-45)39-15-6-3-7-16-39)57-55(59-56)46-32-28-43(29-33-46)40-17-8-4-9-18-40/h2-20,22-28,30-32,34-37H,1,21,29,33H2/b22-14-. The van der Waals surface area contributed by atoms with Crippen molar-refractivity contribution in [3.63, 3.8) is 0 Å². The topological polar surface area (TPSA) is 51.8 Å². The molecule has 2 aromatic heterocycles. The Morgan fingerprint density at radius 2 is 1.07 bits per heavy atom. The summed E-state index contributed by atoms with van der Waals surface area (Å²) in [6, 6.07) is 59.0. The number of allylic oxidation sites excluding steroid dienone is 5. The number of hydrogen-bond acceptors (Lipinski definition) is 4. The van der Waals surface area contributed by atoms with Crippen molar-refractivity contribution in [3.05, 3.63) is 223 Å². The Kier molecular flexibility index (Phi) is 9.94. The summed E-state index contributed by atoms with van der Waals surface area (Å²) in [5.41, 5.74) is 15.1. The van der Waals surface area contributed by atoms with Crippen molar-refractivity contribution in [2.45, 2.75) is 19.3 Å². The Labute approximate surface area is 350 Å². The molecular formula is C56H41N3O. The molecule has 10 rings (SSSR count). The normalized spacial score (nSPS) is 12.8. The van der Waals surface area contributed by atoms with E-state index in [9.17, 15) is 0 Å². The summed E-state index contributed by atoms with van der Waals surface area (Å²) >= 11 is 0. The van der Waals surface area contributed by atoms with Crippen LogP contribution in [0.4, 0.5) is 0 Å². The third kappa shape index (κ3) is 7.32. The van der Waals surface area contributed by atoms with Crippen LogP contribution in [0.3, 0.4) is 0 Å². The van der Waals surface area contributed by atoms with E-state index in [4.69, 9.17) is 19.4 Å². The predicted molar refractivity (Wildman–Crippen MR) is 250 cm³/mol. The third-order valence-corrected chi connectivity index (χ3v) is 11.4. The van der Waals surface area contributed by atoms with Gasteiger partial charge < -0.3 is 4.42 Å². The molecule has 2 heterocycles. The fraction of sp³-hybridized carbons (Fsp3) is 0.0536. The quantitative estimate of drug-likeness (QED) is 0.139.